The van der Waals surface area contributed by atoms with Gasteiger partial charge in [-0.15, -0.1) is 0 Å². The highest BCUT2D eigenvalue weighted by atomic mass is 16.5. The fourth-order valence-electron chi connectivity index (χ4n) is 2.40. The fraction of sp³-hybridized carbons (Fsp3) is 0.389. The van der Waals surface area contributed by atoms with E-state index in [1.165, 1.54) is 6.92 Å². The number of carbonyl (C=O) groups excluding carboxylic acids is 2. The number of rotatable bonds is 7. The Morgan fingerprint density at radius 1 is 1.25 bits per heavy atom. The minimum Gasteiger partial charge on any atom is -0.486 e. The van der Waals surface area contributed by atoms with Crippen molar-refractivity contribution < 1.29 is 23.5 Å². The minimum atomic E-state index is -0.479. The van der Waals surface area contributed by atoms with E-state index in [0.29, 0.717) is 23.5 Å². The standard InChI is InChI=1S/C18H20O6/c1-4-22-17(20)8-7-15-12(3)14-6-5-13(23-10-11(2)19)9-16(14)24-18(15)21/h5-6,9H,4,7-8,10H2,1-3H3. The first-order chi connectivity index (χ1) is 11.4. The lowest BCUT2D eigenvalue weighted by atomic mass is 10.0. The zero-order valence-corrected chi connectivity index (χ0v) is 14.0. The summed E-state index contributed by atoms with van der Waals surface area (Å²) in [5.41, 5.74) is 1.14. The largest absolute Gasteiger partial charge is 0.486 e. The van der Waals surface area contributed by atoms with Crippen LogP contribution in [0.25, 0.3) is 11.0 Å². The second-order valence-electron chi connectivity index (χ2n) is 5.45. The quantitative estimate of drug-likeness (QED) is 0.572. The molecular weight excluding hydrogens is 312 g/mol. The van der Waals surface area contributed by atoms with Crippen LogP contribution in [-0.4, -0.2) is 25.0 Å². The highest BCUT2D eigenvalue weighted by molar-refractivity contribution is 5.83. The van der Waals surface area contributed by atoms with Crippen molar-refractivity contribution >= 4 is 22.7 Å². The summed E-state index contributed by atoms with van der Waals surface area (Å²) in [6.07, 6.45) is 0.399. The van der Waals surface area contributed by atoms with Crippen LogP contribution in [0.15, 0.2) is 27.4 Å². The van der Waals surface area contributed by atoms with Gasteiger partial charge in [0, 0.05) is 23.4 Å². The first kappa shape index (κ1) is 17.7. The Morgan fingerprint density at radius 3 is 2.67 bits per heavy atom. The highest BCUT2D eigenvalue weighted by Gasteiger charge is 2.14. The van der Waals surface area contributed by atoms with E-state index in [1.54, 1.807) is 25.1 Å². The molecule has 0 saturated carbocycles. The SMILES string of the molecule is CCOC(=O)CCc1c(C)c2ccc(OCC(C)=O)cc2oc1=O. The van der Waals surface area contributed by atoms with Gasteiger partial charge >= 0.3 is 11.6 Å². The van der Waals surface area contributed by atoms with Gasteiger partial charge in [0.1, 0.15) is 17.9 Å². The van der Waals surface area contributed by atoms with Gasteiger partial charge in [-0.3, -0.25) is 9.59 Å². The third-order valence-electron chi connectivity index (χ3n) is 3.59. The third-order valence-corrected chi connectivity index (χ3v) is 3.59. The average Bonchev–Trinajstić information content (AvgIpc) is 2.52. The molecule has 0 aliphatic rings. The molecule has 0 amide bonds. The number of carbonyl (C=O) groups is 2. The van der Waals surface area contributed by atoms with Crippen molar-refractivity contribution in [3.05, 3.63) is 39.7 Å². The molecule has 0 radical (unpaired) electrons. The minimum absolute atomic E-state index is 0.0354. The molecule has 0 N–H and O–H groups in total. The second-order valence-corrected chi connectivity index (χ2v) is 5.45. The Hall–Kier alpha value is -2.63. The molecule has 0 aliphatic carbocycles. The fourth-order valence-corrected chi connectivity index (χ4v) is 2.40. The number of hydrogen-bond acceptors (Lipinski definition) is 6. The number of aryl methyl sites for hydroxylation is 1. The van der Waals surface area contributed by atoms with Crippen LogP contribution in [0.1, 0.15) is 31.4 Å². The van der Waals surface area contributed by atoms with E-state index >= 15 is 0 Å². The number of Topliss-reactive ketones (excluding diaryl/α,β-unsaturated/α-hetero) is 1. The molecule has 0 spiro atoms. The molecule has 1 aromatic heterocycles. The van der Waals surface area contributed by atoms with Crippen LogP contribution in [0.2, 0.25) is 0 Å². The number of fused-ring (bicyclic) bond motifs is 1. The Labute approximate surface area is 139 Å². The Morgan fingerprint density at radius 2 is 2.00 bits per heavy atom. The molecule has 128 valence electrons. The maximum absolute atomic E-state index is 12.2. The topological polar surface area (TPSA) is 82.8 Å². The van der Waals surface area contributed by atoms with Crippen molar-refractivity contribution in [1.82, 2.24) is 0 Å². The lowest BCUT2D eigenvalue weighted by Crippen LogP contribution is -2.14. The smallest absolute Gasteiger partial charge is 0.339 e. The van der Waals surface area contributed by atoms with E-state index in [2.05, 4.69) is 0 Å². The number of ether oxygens (including phenoxy) is 2. The molecule has 1 aromatic carbocycles. The lowest BCUT2D eigenvalue weighted by molar-refractivity contribution is -0.143. The maximum Gasteiger partial charge on any atom is 0.339 e. The van der Waals surface area contributed by atoms with Crippen molar-refractivity contribution in [3.8, 4) is 5.75 Å². The molecule has 0 saturated heterocycles. The van der Waals surface area contributed by atoms with E-state index in [-0.39, 0.29) is 31.2 Å². The van der Waals surface area contributed by atoms with E-state index < -0.39 is 5.63 Å². The Balaban J connectivity index is 2.29. The molecule has 6 heteroatoms. The molecule has 2 aromatic rings. The number of benzene rings is 1. The molecule has 2 rings (SSSR count). The number of hydrogen-bond donors (Lipinski definition) is 0. The lowest BCUT2D eigenvalue weighted by Gasteiger charge is -2.09. The summed E-state index contributed by atoms with van der Waals surface area (Å²) in [5.74, 6) is 0.0194. The predicted molar refractivity (Wildman–Crippen MR) is 88.4 cm³/mol. The zero-order valence-electron chi connectivity index (χ0n) is 14.0. The summed E-state index contributed by atoms with van der Waals surface area (Å²) in [7, 11) is 0. The maximum atomic E-state index is 12.2. The number of esters is 1. The van der Waals surface area contributed by atoms with Gasteiger partial charge in [0.2, 0.25) is 0 Å². The molecule has 24 heavy (non-hydrogen) atoms. The monoisotopic (exact) mass is 332 g/mol. The third kappa shape index (κ3) is 4.22. The van der Waals surface area contributed by atoms with Crippen molar-refractivity contribution in [2.24, 2.45) is 0 Å². The zero-order chi connectivity index (χ0) is 17.7. The molecule has 0 aliphatic heterocycles. The van der Waals surface area contributed by atoms with E-state index in [4.69, 9.17) is 13.9 Å². The first-order valence-electron chi connectivity index (χ1n) is 7.76. The summed E-state index contributed by atoms with van der Waals surface area (Å²) in [5, 5.41) is 0.767. The Kier molecular flexibility index (Phi) is 5.73. The molecule has 6 nitrogen and oxygen atoms in total. The van der Waals surface area contributed by atoms with Crippen molar-refractivity contribution in [3.63, 3.8) is 0 Å². The van der Waals surface area contributed by atoms with E-state index in [1.807, 2.05) is 6.92 Å². The van der Waals surface area contributed by atoms with Crippen LogP contribution in [-0.2, 0) is 20.7 Å². The van der Waals surface area contributed by atoms with Crippen LogP contribution in [0, 0.1) is 6.92 Å². The van der Waals surface area contributed by atoms with E-state index in [0.717, 1.165) is 10.9 Å². The molecule has 0 bridgehead atoms. The molecular formula is C18H20O6. The molecule has 0 fully saturated rings. The highest BCUT2D eigenvalue weighted by Crippen LogP contribution is 2.24. The van der Waals surface area contributed by atoms with Gasteiger partial charge in [0.25, 0.3) is 0 Å². The van der Waals surface area contributed by atoms with Gasteiger partial charge in [-0.25, -0.2) is 4.79 Å². The van der Waals surface area contributed by atoms with E-state index in [9.17, 15) is 14.4 Å². The molecule has 1 heterocycles. The van der Waals surface area contributed by atoms with Gasteiger partial charge in [0.15, 0.2) is 5.78 Å². The van der Waals surface area contributed by atoms with Crippen molar-refractivity contribution in [2.45, 2.75) is 33.6 Å². The van der Waals surface area contributed by atoms with Gasteiger partial charge in [-0.05, 0) is 44.9 Å². The van der Waals surface area contributed by atoms with Gasteiger partial charge < -0.3 is 13.9 Å². The summed E-state index contributed by atoms with van der Waals surface area (Å²) in [4.78, 5) is 34.6. The predicted octanol–water partition coefficient (Wildman–Crippen LogP) is 2.56. The average molecular weight is 332 g/mol. The van der Waals surface area contributed by atoms with Gasteiger partial charge in [-0.2, -0.15) is 0 Å². The van der Waals surface area contributed by atoms with Crippen molar-refractivity contribution in [1.29, 1.82) is 0 Å². The summed E-state index contributed by atoms with van der Waals surface area (Å²) < 4.78 is 15.5. The number of ketones is 1. The van der Waals surface area contributed by atoms with Gasteiger partial charge in [0.05, 0.1) is 6.61 Å². The van der Waals surface area contributed by atoms with Crippen LogP contribution < -0.4 is 10.4 Å². The van der Waals surface area contributed by atoms with Crippen LogP contribution in [0.4, 0.5) is 0 Å². The van der Waals surface area contributed by atoms with Gasteiger partial charge in [-0.1, -0.05) is 0 Å². The second kappa shape index (κ2) is 7.77. The normalized spacial score (nSPS) is 10.6. The van der Waals surface area contributed by atoms with Crippen LogP contribution in [0.3, 0.4) is 0 Å². The van der Waals surface area contributed by atoms with Crippen LogP contribution in [0.5, 0.6) is 5.75 Å². The molecule has 0 unspecified atom stereocenters. The first-order valence-corrected chi connectivity index (χ1v) is 7.76. The van der Waals surface area contributed by atoms with Crippen LogP contribution >= 0.6 is 0 Å². The Bertz CT molecular complexity index is 818. The summed E-state index contributed by atoms with van der Waals surface area (Å²) >= 11 is 0. The summed E-state index contributed by atoms with van der Waals surface area (Å²) in [6.45, 7) is 5.26. The molecule has 0 atom stereocenters. The summed E-state index contributed by atoms with van der Waals surface area (Å²) in [6, 6.07) is 5.08. The van der Waals surface area contributed by atoms with Crippen molar-refractivity contribution in [2.75, 3.05) is 13.2 Å².